The zero-order chi connectivity index (χ0) is 22.0. The van der Waals surface area contributed by atoms with Gasteiger partial charge in [0.1, 0.15) is 17.1 Å². The third-order valence-electron chi connectivity index (χ3n) is 5.38. The molecule has 9 nitrogen and oxygen atoms in total. The molecule has 0 saturated carbocycles. The number of aromatic nitrogens is 3. The number of hydrogen-bond acceptors (Lipinski definition) is 8. The van der Waals surface area contributed by atoms with Crippen molar-refractivity contribution in [3.05, 3.63) is 45.9 Å². The van der Waals surface area contributed by atoms with E-state index in [1.165, 1.54) is 28.5 Å². The maximum absolute atomic E-state index is 12.9. The first-order valence-electron chi connectivity index (χ1n) is 10.1. The molecule has 4 rings (SSSR count). The number of nitrogens with zero attached hydrogens (tertiary/aromatic N) is 4. The second-order valence-electron chi connectivity index (χ2n) is 7.61. The van der Waals surface area contributed by atoms with Gasteiger partial charge in [-0.1, -0.05) is 18.3 Å². The van der Waals surface area contributed by atoms with E-state index in [-0.39, 0.29) is 12.1 Å². The molecule has 0 bridgehead atoms. The van der Waals surface area contributed by atoms with Gasteiger partial charge in [-0.05, 0) is 37.0 Å². The summed E-state index contributed by atoms with van der Waals surface area (Å²) in [5.74, 6) is 1.33. The van der Waals surface area contributed by atoms with Crippen LogP contribution in [0.3, 0.4) is 0 Å². The summed E-state index contributed by atoms with van der Waals surface area (Å²) < 4.78 is 11.8. The van der Waals surface area contributed by atoms with Crippen LogP contribution in [0.25, 0.3) is 4.96 Å². The second kappa shape index (κ2) is 8.93. The van der Waals surface area contributed by atoms with E-state index >= 15 is 0 Å². The zero-order valence-corrected chi connectivity index (χ0v) is 18.6. The molecule has 164 valence electrons. The van der Waals surface area contributed by atoms with Crippen molar-refractivity contribution in [3.8, 4) is 11.5 Å². The number of rotatable bonds is 6. The minimum atomic E-state index is -0.516. The van der Waals surface area contributed by atoms with Crippen molar-refractivity contribution >= 4 is 27.3 Å². The monoisotopic (exact) mass is 443 g/mol. The summed E-state index contributed by atoms with van der Waals surface area (Å²) >= 11 is 1.36. The van der Waals surface area contributed by atoms with Crippen LogP contribution in [-0.4, -0.2) is 47.8 Å². The van der Waals surface area contributed by atoms with Gasteiger partial charge in [-0.2, -0.15) is 4.52 Å². The van der Waals surface area contributed by atoms with Gasteiger partial charge in [-0.3, -0.25) is 9.59 Å². The van der Waals surface area contributed by atoms with Gasteiger partial charge in [0, 0.05) is 31.4 Å². The minimum Gasteiger partial charge on any atom is -0.497 e. The number of benzene rings is 1. The molecule has 3 aromatic rings. The molecule has 0 radical (unpaired) electrons. The van der Waals surface area contributed by atoms with E-state index in [2.05, 4.69) is 27.2 Å². The molecule has 1 atom stereocenters. The highest BCUT2D eigenvalue weighted by Crippen LogP contribution is 2.26. The Balaban J connectivity index is 1.55. The Labute approximate surface area is 183 Å². The molecular formula is C21H25N5O4S. The normalized spacial score (nSPS) is 16.4. The Morgan fingerprint density at radius 3 is 2.90 bits per heavy atom. The number of methoxy groups -OCH3 is 2. The van der Waals surface area contributed by atoms with Crippen molar-refractivity contribution in [1.29, 1.82) is 0 Å². The number of carbonyl (C=O) groups is 1. The lowest BCUT2D eigenvalue weighted by Crippen LogP contribution is -2.34. The second-order valence-corrected chi connectivity index (χ2v) is 8.54. The maximum atomic E-state index is 12.9. The third kappa shape index (κ3) is 4.34. The topological polar surface area (TPSA) is 98.1 Å². The Kier molecular flexibility index (Phi) is 6.08. The lowest BCUT2D eigenvalue weighted by Gasteiger charge is -2.30. The molecule has 1 amide bonds. The summed E-state index contributed by atoms with van der Waals surface area (Å²) in [4.78, 5) is 32.6. The van der Waals surface area contributed by atoms with Crippen LogP contribution in [0, 0.1) is 5.92 Å². The standard InChI is InChI=1S/C21H25N5O4S/c1-13-5-4-8-25(12-13)21-24-26-19(28)16(11-23-20(26)31-21)18(27)22-10-14-9-15(29-2)6-7-17(14)30-3/h6-7,9,11,13H,4-5,8,10,12H2,1-3H3,(H,22,27)/t13-/m1/s1. The summed E-state index contributed by atoms with van der Waals surface area (Å²) in [6.45, 7) is 4.21. The van der Waals surface area contributed by atoms with Crippen molar-refractivity contribution in [2.24, 2.45) is 5.92 Å². The minimum absolute atomic E-state index is 0.0526. The molecule has 0 spiro atoms. The molecule has 1 aliphatic heterocycles. The number of amides is 1. The van der Waals surface area contributed by atoms with Gasteiger partial charge in [0.15, 0.2) is 0 Å². The fourth-order valence-electron chi connectivity index (χ4n) is 3.71. The molecule has 1 fully saturated rings. The summed E-state index contributed by atoms with van der Waals surface area (Å²) in [6, 6.07) is 5.32. The molecule has 3 heterocycles. The van der Waals surface area contributed by atoms with E-state index in [4.69, 9.17) is 9.47 Å². The van der Waals surface area contributed by atoms with E-state index in [0.717, 1.165) is 30.2 Å². The lowest BCUT2D eigenvalue weighted by molar-refractivity contribution is 0.0948. The molecule has 0 aliphatic carbocycles. The Morgan fingerprint density at radius 1 is 1.32 bits per heavy atom. The number of piperidine rings is 1. The van der Waals surface area contributed by atoms with Crippen molar-refractivity contribution in [1.82, 2.24) is 19.9 Å². The predicted octanol–water partition coefficient (Wildman–Crippen LogP) is 2.33. The molecule has 31 heavy (non-hydrogen) atoms. The number of hydrogen-bond donors (Lipinski definition) is 1. The largest absolute Gasteiger partial charge is 0.497 e. The van der Waals surface area contributed by atoms with Crippen LogP contribution in [-0.2, 0) is 6.54 Å². The van der Waals surface area contributed by atoms with Crippen LogP contribution < -0.4 is 25.2 Å². The summed E-state index contributed by atoms with van der Waals surface area (Å²) in [6.07, 6.45) is 3.61. The van der Waals surface area contributed by atoms with Gasteiger partial charge in [0.2, 0.25) is 10.1 Å². The van der Waals surface area contributed by atoms with Gasteiger partial charge < -0.3 is 19.7 Å². The molecule has 10 heteroatoms. The first kappa shape index (κ1) is 21.1. The van der Waals surface area contributed by atoms with E-state index < -0.39 is 11.5 Å². The van der Waals surface area contributed by atoms with Gasteiger partial charge in [0.25, 0.3) is 11.5 Å². The Bertz CT molecular complexity index is 1160. The van der Waals surface area contributed by atoms with Crippen LogP contribution in [0.1, 0.15) is 35.7 Å². The smallest absolute Gasteiger partial charge is 0.288 e. The number of nitrogens with one attached hydrogen (secondary N) is 1. The van der Waals surface area contributed by atoms with Gasteiger partial charge >= 0.3 is 0 Å². The van der Waals surface area contributed by atoms with E-state index in [9.17, 15) is 9.59 Å². The maximum Gasteiger partial charge on any atom is 0.288 e. The molecule has 2 aromatic heterocycles. The molecule has 1 N–H and O–H groups in total. The zero-order valence-electron chi connectivity index (χ0n) is 17.8. The van der Waals surface area contributed by atoms with Crippen LogP contribution in [0.5, 0.6) is 11.5 Å². The highest BCUT2D eigenvalue weighted by atomic mass is 32.1. The predicted molar refractivity (Wildman–Crippen MR) is 118 cm³/mol. The average molecular weight is 444 g/mol. The highest BCUT2D eigenvalue weighted by Gasteiger charge is 2.22. The van der Waals surface area contributed by atoms with Crippen LogP contribution >= 0.6 is 11.3 Å². The first-order chi connectivity index (χ1) is 15.0. The number of ether oxygens (including phenoxy) is 2. The van der Waals surface area contributed by atoms with E-state index in [1.807, 2.05) is 0 Å². The van der Waals surface area contributed by atoms with Gasteiger partial charge in [0.05, 0.1) is 14.2 Å². The fraction of sp³-hybridized carbons (Fsp3) is 0.429. The summed E-state index contributed by atoms with van der Waals surface area (Å²) in [7, 11) is 3.12. The fourth-order valence-corrected chi connectivity index (χ4v) is 4.61. The molecule has 1 aromatic carbocycles. The van der Waals surface area contributed by atoms with Gasteiger partial charge in [-0.25, -0.2) is 4.98 Å². The van der Waals surface area contributed by atoms with Crippen molar-refractivity contribution in [2.45, 2.75) is 26.3 Å². The number of carbonyl (C=O) groups excluding carboxylic acids is 1. The summed E-state index contributed by atoms with van der Waals surface area (Å²) in [5, 5.41) is 7.97. The van der Waals surface area contributed by atoms with E-state index in [0.29, 0.717) is 22.4 Å². The Morgan fingerprint density at radius 2 is 2.16 bits per heavy atom. The summed E-state index contributed by atoms with van der Waals surface area (Å²) in [5.41, 5.74) is 0.204. The molecule has 1 aliphatic rings. The van der Waals surface area contributed by atoms with E-state index in [1.54, 1.807) is 32.4 Å². The number of fused-ring (bicyclic) bond motifs is 1. The first-order valence-corrected chi connectivity index (χ1v) is 10.9. The van der Waals surface area contributed by atoms with Crippen LogP contribution in [0.4, 0.5) is 5.13 Å². The van der Waals surface area contributed by atoms with Crippen LogP contribution in [0.15, 0.2) is 29.2 Å². The van der Waals surface area contributed by atoms with Crippen molar-refractivity contribution < 1.29 is 14.3 Å². The molecular weight excluding hydrogens is 418 g/mol. The third-order valence-corrected chi connectivity index (χ3v) is 6.36. The van der Waals surface area contributed by atoms with Gasteiger partial charge in [-0.15, -0.1) is 5.10 Å². The van der Waals surface area contributed by atoms with Crippen LogP contribution in [0.2, 0.25) is 0 Å². The van der Waals surface area contributed by atoms with Crippen molar-refractivity contribution in [3.63, 3.8) is 0 Å². The highest BCUT2D eigenvalue weighted by molar-refractivity contribution is 7.20. The SMILES string of the molecule is COc1ccc(OC)c(CNC(=O)c2cnc3sc(N4CCC[C@@H](C)C4)nn3c2=O)c1. The number of anilines is 1. The molecule has 0 unspecified atom stereocenters. The average Bonchev–Trinajstić information content (AvgIpc) is 3.23. The quantitative estimate of drug-likeness (QED) is 0.624. The lowest BCUT2D eigenvalue weighted by atomic mass is 10.0. The Hall–Kier alpha value is -3.14. The molecule has 1 saturated heterocycles. The van der Waals surface area contributed by atoms with Crippen molar-refractivity contribution in [2.75, 3.05) is 32.2 Å².